The topological polar surface area (TPSA) is 99.6 Å². The van der Waals surface area contributed by atoms with Gasteiger partial charge in [0.1, 0.15) is 23.8 Å². The lowest BCUT2D eigenvalue weighted by Crippen LogP contribution is -2.18. The average Bonchev–Trinajstić information content (AvgIpc) is 3.40. The molecule has 1 aromatic heterocycles. The maximum absolute atomic E-state index is 12.6. The molecule has 0 atom stereocenters. The van der Waals surface area contributed by atoms with Crippen molar-refractivity contribution in [2.45, 2.75) is 6.61 Å². The van der Waals surface area contributed by atoms with Gasteiger partial charge in [-0.05, 0) is 52.7 Å². The monoisotopic (exact) mass is 540 g/mol. The molecule has 0 unspecified atom stereocenters. The highest BCUT2D eigenvalue weighted by atomic mass is 79.9. The second-order valence-corrected chi connectivity index (χ2v) is 8.91. The predicted octanol–water partition coefficient (Wildman–Crippen LogP) is 6.04. The molecule has 0 bridgehead atoms. The van der Waals surface area contributed by atoms with Crippen molar-refractivity contribution in [2.75, 3.05) is 0 Å². The number of phenolic OH excluding ortho intramolecular Hbond substituents is 1. The van der Waals surface area contributed by atoms with Gasteiger partial charge >= 0.3 is 0 Å². The van der Waals surface area contributed by atoms with Crippen LogP contribution in [0.5, 0.6) is 11.5 Å². The molecule has 5 rings (SSSR count). The Hall–Kier alpha value is -4.43. The van der Waals surface area contributed by atoms with E-state index in [4.69, 9.17) is 4.74 Å². The lowest BCUT2D eigenvalue weighted by molar-refractivity contribution is 0.0950. The molecule has 5 aromatic rings. The number of aromatic hydroxyl groups is 1. The van der Waals surface area contributed by atoms with Gasteiger partial charge in [0.05, 0.1) is 11.9 Å². The molecule has 0 aliphatic heterocycles. The van der Waals surface area contributed by atoms with Crippen LogP contribution < -0.4 is 10.2 Å². The maximum Gasteiger partial charge on any atom is 0.289 e. The Morgan fingerprint density at radius 1 is 1.03 bits per heavy atom. The van der Waals surface area contributed by atoms with Crippen LogP contribution in [-0.2, 0) is 6.61 Å². The summed E-state index contributed by atoms with van der Waals surface area (Å²) in [7, 11) is 0. The molecular weight excluding hydrogens is 520 g/mol. The molecule has 7 nitrogen and oxygen atoms in total. The fourth-order valence-corrected chi connectivity index (χ4v) is 4.18. The first-order valence-electron chi connectivity index (χ1n) is 11.1. The second kappa shape index (κ2) is 10.5. The van der Waals surface area contributed by atoms with Crippen molar-refractivity contribution < 1.29 is 14.6 Å². The molecule has 1 amide bonds. The summed E-state index contributed by atoms with van der Waals surface area (Å²) in [6, 6.07) is 28.5. The van der Waals surface area contributed by atoms with Crippen LogP contribution in [-0.4, -0.2) is 27.4 Å². The van der Waals surface area contributed by atoms with Crippen LogP contribution in [0, 0.1) is 0 Å². The van der Waals surface area contributed by atoms with Crippen molar-refractivity contribution in [1.82, 2.24) is 15.6 Å². The first-order chi connectivity index (χ1) is 17.6. The van der Waals surface area contributed by atoms with Crippen LogP contribution in [0.2, 0.25) is 0 Å². The highest BCUT2D eigenvalue weighted by molar-refractivity contribution is 9.10. The largest absolute Gasteiger partial charge is 0.507 e. The van der Waals surface area contributed by atoms with Gasteiger partial charge in [-0.15, -0.1) is 0 Å². The standard InChI is InChI=1S/C28H21BrN4O3/c29-21-12-13-26(34)20(14-21)16-30-33-28(35)25-15-24(31-32-25)23-10-3-4-11-27(23)36-17-19-8-5-7-18-6-1-2-9-22(18)19/h1-16,34H,17H2,(H,31,32)(H,33,35)/b30-16-. The SMILES string of the molecule is O=C(N/N=C\c1cc(Br)ccc1O)c1cc(-c2ccccc2OCc2cccc3ccccc23)n[nH]1. The summed E-state index contributed by atoms with van der Waals surface area (Å²) in [5, 5.41) is 23.2. The third-order valence-corrected chi connectivity index (χ3v) is 6.10. The summed E-state index contributed by atoms with van der Waals surface area (Å²) in [6.45, 7) is 0.396. The van der Waals surface area contributed by atoms with Crippen molar-refractivity contribution in [2.24, 2.45) is 5.10 Å². The number of nitrogens with one attached hydrogen (secondary N) is 2. The summed E-state index contributed by atoms with van der Waals surface area (Å²) < 4.78 is 6.97. The molecule has 36 heavy (non-hydrogen) atoms. The van der Waals surface area contributed by atoms with Crippen LogP contribution >= 0.6 is 15.9 Å². The average molecular weight is 541 g/mol. The van der Waals surface area contributed by atoms with Crippen LogP contribution in [0.25, 0.3) is 22.0 Å². The molecule has 0 spiro atoms. The number of fused-ring (bicyclic) bond motifs is 1. The second-order valence-electron chi connectivity index (χ2n) is 7.99. The summed E-state index contributed by atoms with van der Waals surface area (Å²) in [5.74, 6) is 0.251. The molecule has 0 aliphatic rings. The Labute approximate surface area is 215 Å². The van der Waals surface area contributed by atoms with E-state index in [9.17, 15) is 9.90 Å². The molecular formula is C28H21BrN4O3. The number of hydrogen-bond acceptors (Lipinski definition) is 5. The van der Waals surface area contributed by atoms with E-state index in [0.29, 0.717) is 23.6 Å². The van der Waals surface area contributed by atoms with Crippen molar-refractivity contribution in [3.63, 3.8) is 0 Å². The fraction of sp³-hybridized carbons (Fsp3) is 0.0357. The quantitative estimate of drug-likeness (QED) is 0.173. The number of aromatic amines is 1. The number of hydrazone groups is 1. The van der Waals surface area contributed by atoms with Gasteiger partial charge in [0.15, 0.2) is 0 Å². The van der Waals surface area contributed by atoms with Gasteiger partial charge in [-0.2, -0.15) is 10.2 Å². The first kappa shape index (κ1) is 23.3. The lowest BCUT2D eigenvalue weighted by Gasteiger charge is -2.12. The molecule has 4 aromatic carbocycles. The first-order valence-corrected chi connectivity index (χ1v) is 11.9. The number of hydrogen-bond donors (Lipinski definition) is 3. The highest BCUT2D eigenvalue weighted by Crippen LogP contribution is 2.30. The van der Waals surface area contributed by atoms with E-state index < -0.39 is 5.91 Å². The number of carbonyl (C=O) groups is 1. The van der Waals surface area contributed by atoms with Crippen LogP contribution in [0.3, 0.4) is 0 Å². The van der Waals surface area contributed by atoms with E-state index in [1.807, 2.05) is 42.5 Å². The number of aromatic nitrogens is 2. The number of rotatable bonds is 7. The van der Waals surface area contributed by atoms with Crippen molar-refractivity contribution >= 4 is 38.8 Å². The van der Waals surface area contributed by atoms with Crippen molar-refractivity contribution in [3.8, 4) is 22.8 Å². The zero-order chi connectivity index (χ0) is 24.9. The number of benzene rings is 4. The number of carbonyl (C=O) groups excluding carboxylic acids is 1. The molecule has 0 saturated carbocycles. The number of para-hydroxylation sites is 1. The van der Waals surface area contributed by atoms with Crippen LogP contribution in [0.1, 0.15) is 21.6 Å². The Kier molecular flexibility index (Phi) is 6.77. The third-order valence-electron chi connectivity index (χ3n) is 5.61. The van der Waals surface area contributed by atoms with Gasteiger partial charge in [0, 0.05) is 15.6 Å². The van der Waals surface area contributed by atoms with Gasteiger partial charge in [-0.1, -0.05) is 70.5 Å². The van der Waals surface area contributed by atoms with Crippen LogP contribution in [0.15, 0.2) is 101 Å². The minimum atomic E-state index is -0.464. The van der Waals surface area contributed by atoms with E-state index in [1.165, 1.54) is 12.3 Å². The number of halogens is 1. The summed E-state index contributed by atoms with van der Waals surface area (Å²) in [6.07, 6.45) is 1.37. The van der Waals surface area contributed by atoms with Gasteiger partial charge in [-0.25, -0.2) is 5.43 Å². The lowest BCUT2D eigenvalue weighted by atomic mass is 10.1. The predicted molar refractivity (Wildman–Crippen MR) is 143 cm³/mol. The van der Waals surface area contributed by atoms with E-state index in [0.717, 1.165) is 26.4 Å². The molecule has 178 valence electrons. The minimum absolute atomic E-state index is 0.0557. The zero-order valence-electron chi connectivity index (χ0n) is 19.0. The van der Waals surface area contributed by atoms with Gasteiger partial charge in [-0.3, -0.25) is 9.89 Å². The fourth-order valence-electron chi connectivity index (χ4n) is 3.80. The molecule has 0 fully saturated rings. The van der Waals surface area contributed by atoms with Gasteiger partial charge < -0.3 is 9.84 Å². The maximum atomic E-state index is 12.6. The number of amides is 1. The van der Waals surface area contributed by atoms with Crippen LogP contribution in [0.4, 0.5) is 0 Å². The molecule has 0 radical (unpaired) electrons. The molecule has 1 heterocycles. The molecule has 3 N–H and O–H groups in total. The molecule has 8 heteroatoms. The molecule has 0 aliphatic carbocycles. The molecule has 0 saturated heterocycles. The number of ether oxygens (including phenoxy) is 1. The minimum Gasteiger partial charge on any atom is -0.507 e. The number of phenols is 1. The van der Waals surface area contributed by atoms with E-state index in [2.05, 4.69) is 60.9 Å². The Morgan fingerprint density at radius 3 is 2.75 bits per heavy atom. The smallest absolute Gasteiger partial charge is 0.289 e. The Balaban J connectivity index is 1.30. The van der Waals surface area contributed by atoms with Gasteiger partial charge in [0.2, 0.25) is 0 Å². The number of H-pyrrole nitrogens is 1. The van der Waals surface area contributed by atoms with Crippen molar-refractivity contribution in [1.29, 1.82) is 0 Å². The van der Waals surface area contributed by atoms with Crippen molar-refractivity contribution in [3.05, 3.63) is 112 Å². The summed E-state index contributed by atoms with van der Waals surface area (Å²) >= 11 is 3.34. The van der Waals surface area contributed by atoms with Gasteiger partial charge in [0.25, 0.3) is 5.91 Å². The summed E-state index contributed by atoms with van der Waals surface area (Å²) in [5.41, 5.74) is 5.56. The zero-order valence-corrected chi connectivity index (χ0v) is 20.6. The Morgan fingerprint density at radius 2 is 1.83 bits per heavy atom. The normalized spacial score (nSPS) is 11.1. The Bertz CT molecular complexity index is 1570. The highest BCUT2D eigenvalue weighted by Gasteiger charge is 2.14. The third kappa shape index (κ3) is 5.13. The number of nitrogens with zero attached hydrogens (tertiary/aromatic N) is 2. The van der Waals surface area contributed by atoms with E-state index in [1.54, 1.807) is 18.2 Å². The van der Waals surface area contributed by atoms with E-state index in [-0.39, 0.29) is 11.4 Å². The van der Waals surface area contributed by atoms with E-state index >= 15 is 0 Å². The summed E-state index contributed by atoms with van der Waals surface area (Å²) in [4.78, 5) is 12.6.